The van der Waals surface area contributed by atoms with Gasteiger partial charge in [0.1, 0.15) is 0 Å². The van der Waals surface area contributed by atoms with Crippen LogP contribution in [0.4, 0.5) is 0 Å². The molecular weight excluding hydrogens is 156 g/mol. The molecule has 2 bridgehead atoms. The minimum Gasteiger partial charge on any atom is -0.0996 e. The van der Waals surface area contributed by atoms with Crippen LogP contribution in [0.1, 0.15) is 46.5 Å². The first kappa shape index (κ1) is 9.30. The third kappa shape index (κ3) is 1.26. The Hall–Kier alpha value is -0.260. The van der Waals surface area contributed by atoms with Crippen molar-refractivity contribution in [3.63, 3.8) is 0 Å². The summed E-state index contributed by atoms with van der Waals surface area (Å²) < 4.78 is 0. The monoisotopic (exact) mass is 178 g/mol. The summed E-state index contributed by atoms with van der Waals surface area (Å²) in [6.07, 6.45) is 5.52. The van der Waals surface area contributed by atoms with Gasteiger partial charge >= 0.3 is 0 Å². The van der Waals surface area contributed by atoms with Gasteiger partial charge in [0, 0.05) is 0 Å². The lowest BCUT2D eigenvalue weighted by Crippen LogP contribution is -2.29. The summed E-state index contributed by atoms with van der Waals surface area (Å²) in [5.41, 5.74) is 2.15. The van der Waals surface area contributed by atoms with Crippen LogP contribution in [0.25, 0.3) is 0 Å². The molecule has 0 aromatic carbocycles. The fraction of sp³-hybridized carbons (Fsp3) is 0.846. The van der Waals surface area contributed by atoms with Gasteiger partial charge in [-0.2, -0.15) is 0 Å². The average molecular weight is 178 g/mol. The van der Waals surface area contributed by atoms with E-state index in [1.807, 2.05) is 0 Å². The van der Waals surface area contributed by atoms with E-state index in [9.17, 15) is 0 Å². The van der Waals surface area contributed by atoms with Gasteiger partial charge in [-0.05, 0) is 48.9 Å². The van der Waals surface area contributed by atoms with Gasteiger partial charge in [-0.3, -0.25) is 0 Å². The van der Waals surface area contributed by atoms with Crippen molar-refractivity contribution in [1.29, 1.82) is 0 Å². The molecule has 4 unspecified atom stereocenters. The normalized spacial score (nSPS) is 49.8. The van der Waals surface area contributed by atoms with Crippen LogP contribution in [0.3, 0.4) is 0 Å². The molecule has 0 heteroatoms. The summed E-state index contributed by atoms with van der Waals surface area (Å²) in [4.78, 5) is 0. The van der Waals surface area contributed by atoms with E-state index in [2.05, 4.69) is 27.4 Å². The fourth-order valence-corrected chi connectivity index (χ4v) is 4.10. The zero-order valence-corrected chi connectivity index (χ0v) is 9.27. The molecule has 0 amide bonds. The molecule has 0 aliphatic heterocycles. The fourth-order valence-electron chi connectivity index (χ4n) is 4.10. The lowest BCUT2D eigenvalue weighted by Gasteiger charge is -2.39. The molecule has 13 heavy (non-hydrogen) atoms. The maximum Gasteiger partial charge on any atom is -0.0154 e. The Bertz CT molecular complexity index is 224. The molecule has 0 aromatic rings. The van der Waals surface area contributed by atoms with Gasteiger partial charge in [-0.15, -0.1) is 0 Å². The van der Waals surface area contributed by atoms with Gasteiger partial charge in [-0.1, -0.05) is 32.9 Å². The Morgan fingerprint density at radius 2 is 2.15 bits per heavy atom. The third-order valence-corrected chi connectivity index (χ3v) is 4.59. The first-order valence-corrected chi connectivity index (χ1v) is 5.74. The van der Waals surface area contributed by atoms with E-state index >= 15 is 0 Å². The standard InChI is InChI=1S/C13H22/c1-5-12-9(2)6-11-8-13(12,4)7-10(11)3/h10-12H,2,5-8H2,1,3-4H3. The highest BCUT2D eigenvalue weighted by molar-refractivity contribution is 5.15. The van der Waals surface area contributed by atoms with Crippen LogP contribution in [-0.4, -0.2) is 0 Å². The van der Waals surface area contributed by atoms with Crippen LogP contribution in [0.2, 0.25) is 0 Å². The highest BCUT2D eigenvalue weighted by Crippen LogP contribution is 2.59. The zero-order valence-electron chi connectivity index (χ0n) is 9.27. The molecule has 2 aliphatic carbocycles. The number of allylic oxidation sites excluding steroid dienone is 1. The van der Waals surface area contributed by atoms with Crippen LogP contribution < -0.4 is 0 Å². The zero-order chi connectivity index (χ0) is 9.64. The minimum absolute atomic E-state index is 0.605. The topological polar surface area (TPSA) is 0 Å². The lowest BCUT2D eigenvalue weighted by atomic mass is 9.66. The van der Waals surface area contributed by atoms with Crippen LogP contribution in [0.15, 0.2) is 12.2 Å². The molecule has 4 atom stereocenters. The first-order chi connectivity index (χ1) is 6.07. The van der Waals surface area contributed by atoms with Gasteiger partial charge in [0.2, 0.25) is 0 Å². The molecule has 2 fully saturated rings. The van der Waals surface area contributed by atoms with Gasteiger partial charge in [0.25, 0.3) is 0 Å². The second-order valence-electron chi connectivity index (χ2n) is 5.62. The Morgan fingerprint density at radius 1 is 1.46 bits per heavy atom. The minimum atomic E-state index is 0.605. The predicted molar refractivity (Wildman–Crippen MR) is 57.5 cm³/mol. The molecule has 0 nitrogen and oxygen atoms in total. The summed E-state index contributed by atoms with van der Waals surface area (Å²) in [7, 11) is 0. The van der Waals surface area contributed by atoms with Gasteiger partial charge in [-0.25, -0.2) is 0 Å². The van der Waals surface area contributed by atoms with Crippen molar-refractivity contribution < 1.29 is 0 Å². The van der Waals surface area contributed by atoms with Crippen LogP contribution in [-0.2, 0) is 0 Å². The molecule has 0 spiro atoms. The SMILES string of the molecule is C=C1CC2CC(C)(CC2C)C1CC. The first-order valence-electron chi connectivity index (χ1n) is 5.74. The third-order valence-electron chi connectivity index (χ3n) is 4.59. The van der Waals surface area contributed by atoms with Crippen molar-refractivity contribution in [2.75, 3.05) is 0 Å². The smallest absolute Gasteiger partial charge is 0.0154 e. The lowest BCUT2D eigenvalue weighted by molar-refractivity contribution is 0.181. The quantitative estimate of drug-likeness (QED) is 0.532. The Morgan fingerprint density at radius 3 is 2.77 bits per heavy atom. The van der Waals surface area contributed by atoms with Gasteiger partial charge < -0.3 is 0 Å². The maximum atomic E-state index is 4.29. The Balaban J connectivity index is 2.27. The van der Waals surface area contributed by atoms with Crippen molar-refractivity contribution >= 4 is 0 Å². The summed E-state index contributed by atoms with van der Waals surface area (Å²) >= 11 is 0. The molecule has 2 aliphatic rings. The van der Waals surface area contributed by atoms with Gasteiger partial charge in [0.15, 0.2) is 0 Å². The maximum absolute atomic E-state index is 4.29. The molecule has 74 valence electrons. The van der Waals surface area contributed by atoms with Crippen LogP contribution >= 0.6 is 0 Å². The summed E-state index contributed by atoms with van der Waals surface area (Å²) in [6.45, 7) is 11.5. The molecule has 0 aromatic heterocycles. The Labute approximate surface area is 82.4 Å². The van der Waals surface area contributed by atoms with E-state index in [1.165, 1.54) is 25.7 Å². The summed E-state index contributed by atoms with van der Waals surface area (Å²) in [5.74, 6) is 2.72. The van der Waals surface area contributed by atoms with E-state index < -0.39 is 0 Å². The number of fused-ring (bicyclic) bond motifs is 2. The van der Waals surface area contributed by atoms with Crippen molar-refractivity contribution in [3.8, 4) is 0 Å². The van der Waals surface area contributed by atoms with E-state index in [0.717, 1.165) is 17.8 Å². The molecule has 0 heterocycles. The van der Waals surface area contributed by atoms with Crippen molar-refractivity contribution in [2.24, 2.45) is 23.2 Å². The average Bonchev–Trinajstić information content (AvgIpc) is 2.24. The Kier molecular flexibility index (Phi) is 2.05. The van der Waals surface area contributed by atoms with Crippen LogP contribution in [0, 0.1) is 23.2 Å². The molecule has 2 rings (SSSR count). The van der Waals surface area contributed by atoms with E-state index in [-0.39, 0.29) is 0 Å². The predicted octanol–water partition coefficient (Wildman–Crippen LogP) is 4.02. The molecule has 2 saturated carbocycles. The highest BCUT2D eigenvalue weighted by atomic mass is 14.5. The van der Waals surface area contributed by atoms with E-state index in [1.54, 1.807) is 5.57 Å². The molecule has 0 radical (unpaired) electrons. The highest BCUT2D eigenvalue weighted by Gasteiger charge is 2.48. The number of hydrogen-bond acceptors (Lipinski definition) is 0. The molecule has 0 saturated heterocycles. The van der Waals surface area contributed by atoms with Crippen LogP contribution in [0.5, 0.6) is 0 Å². The van der Waals surface area contributed by atoms with Crippen molar-refractivity contribution in [2.45, 2.75) is 46.5 Å². The largest absolute Gasteiger partial charge is 0.0996 e. The summed E-state index contributed by atoms with van der Waals surface area (Å²) in [6, 6.07) is 0. The number of hydrogen-bond donors (Lipinski definition) is 0. The van der Waals surface area contributed by atoms with E-state index in [0.29, 0.717) is 5.41 Å². The van der Waals surface area contributed by atoms with Crippen molar-refractivity contribution in [3.05, 3.63) is 12.2 Å². The van der Waals surface area contributed by atoms with Crippen molar-refractivity contribution in [1.82, 2.24) is 0 Å². The van der Waals surface area contributed by atoms with E-state index in [4.69, 9.17) is 0 Å². The van der Waals surface area contributed by atoms with Gasteiger partial charge in [0.05, 0.1) is 0 Å². The summed E-state index contributed by atoms with van der Waals surface area (Å²) in [5, 5.41) is 0. The second kappa shape index (κ2) is 2.87. The molecule has 0 N–H and O–H groups in total. The number of rotatable bonds is 1. The second-order valence-corrected chi connectivity index (χ2v) is 5.62. The molecular formula is C13H22.